The highest BCUT2D eigenvalue weighted by Gasteiger charge is 2.21. The predicted molar refractivity (Wildman–Crippen MR) is 90.7 cm³/mol. The number of nitrogens with one attached hydrogen (secondary N) is 1. The van der Waals surface area contributed by atoms with E-state index < -0.39 is 0 Å². The van der Waals surface area contributed by atoms with Crippen molar-refractivity contribution in [2.75, 3.05) is 38.3 Å². The third kappa shape index (κ3) is 4.94. The number of ether oxygens (including phenoxy) is 1. The van der Waals surface area contributed by atoms with E-state index in [1.807, 2.05) is 6.20 Å². The monoisotopic (exact) mass is 355 g/mol. The van der Waals surface area contributed by atoms with Crippen LogP contribution in [0, 0.1) is 5.92 Å². The molecule has 21 heavy (non-hydrogen) atoms. The molecule has 0 saturated carbocycles. The normalized spacial score (nSPS) is 16.4. The summed E-state index contributed by atoms with van der Waals surface area (Å²) in [5.41, 5.74) is 1.28. The van der Waals surface area contributed by atoms with Gasteiger partial charge in [-0.15, -0.1) is 0 Å². The molecule has 2 heterocycles. The highest BCUT2D eigenvalue weighted by molar-refractivity contribution is 9.10. The summed E-state index contributed by atoms with van der Waals surface area (Å²) in [6, 6.07) is 2.19. The number of anilines is 1. The zero-order valence-electron chi connectivity index (χ0n) is 13.1. The van der Waals surface area contributed by atoms with Gasteiger partial charge < -0.3 is 15.0 Å². The van der Waals surface area contributed by atoms with Crippen molar-refractivity contribution in [1.29, 1.82) is 0 Å². The second kappa shape index (κ2) is 8.71. The molecule has 1 aromatic heterocycles. The van der Waals surface area contributed by atoms with Gasteiger partial charge in [0, 0.05) is 49.6 Å². The summed E-state index contributed by atoms with van der Waals surface area (Å²) < 4.78 is 6.33. The van der Waals surface area contributed by atoms with Gasteiger partial charge in [-0.2, -0.15) is 0 Å². The molecule has 0 unspecified atom stereocenters. The van der Waals surface area contributed by atoms with Crippen LogP contribution in [-0.2, 0) is 11.3 Å². The molecular formula is C16H26BrN3O. The van der Waals surface area contributed by atoms with Gasteiger partial charge in [0.15, 0.2) is 0 Å². The third-order valence-corrected chi connectivity index (χ3v) is 4.40. The first kappa shape index (κ1) is 16.7. The Hall–Kier alpha value is -0.650. The maximum Gasteiger partial charge on any atom is 0.133 e. The Morgan fingerprint density at radius 3 is 2.86 bits per heavy atom. The van der Waals surface area contributed by atoms with Gasteiger partial charge in [0.2, 0.25) is 0 Å². The minimum absolute atomic E-state index is 0.698. The van der Waals surface area contributed by atoms with Crippen LogP contribution in [0.3, 0.4) is 0 Å². The van der Waals surface area contributed by atoms with Gasteiger partial charge in [-0.25, -0.2) is 4.98 Å². The zero-order valence-corrected chi connectivity index (χ0v) is 14.7. The molecule has 1 fully saturated rings. The van der Waals surface area contributed by atoms with Crippen molar-refractivity contribution in [3.05, 3.63) is 22.3 Å². The number of halogens is 1. The van der Waals surface area contributed by atoms with Gasteiger partial charge in [-0.1, -0.05) is 6.92 Å². The predicted octanol–water partition coefficient (Wildman–Crippen LogP) is 3.21. The SMILES string of the molecule is CCCNCc1cc(Br)cnc1N1CCC(COC)CC1. The van der Waals surface area contributed by atoms with Crippen LogP contribution in [0.1, 0.15) is 31.7 Å². The molecule has 1 saturated heterocycles. The molecule has 0 spiro atoms. The van der Waals surface area contributed by atoms with E-state index in [2.05, 4.69) is 44.1 Å². The van der Waals surface area contributed by atoms with E-state index in [0.29, 0.717) is 5.92 Å². The summed E-state index contributed by atoms with van der Waals surface area (Å²) >= 11 is 3.53. The number of methoxy groups -OCH3 is 1. The standard InChI is InChI=1S/C16H26BrN3O/c1-3-6-18-10-14-9-15(17)11-19-16(14)20-7-4-13(5-8-20)12-21-2/h9,11,13,18H,3-8,10,12H2,1-2H3. The molecule has 0 atom stereocenters. The van der Waals surface area contributed by atoms with Crippen molar-refractivity contribution in [1.82, 2.24) is 10.3 Å². The lowest BCUT2D eigenvalue weighted by atomic mass is 9.97. The minimum Gasteiger partial charge on any atom is -0.384 e. The summed E-state index contributed by atoms with van der Waals surface area (Å²) in [4.78, 5) is 7.08. The summed E-state index contributed by atoms with van der Waals surface area (Å²) in [5, 5.41) is 3.48. The van der Waals surface area contributed by atoms with Crippen LogP contribution in [0.25, 0.3) is 0 Å². The Labute approximate surface area is 136 Å². The molecule has 1 aliphatic heterocycles. The Morgan fingerprint density at radius 2 is 2.19 bits per heavy atom. The molecule has 2 rings (SSSR count). The van der Waals surface area contributed by atoms with Gasteiger partial charge in [0.1, 0.15) is 5.82 Å². The van der Waals surface area contributed by atoms with E-state index in [9.17, 15) is 0 Å². The van der Waals surface area contributed by atoms with Gasteiger partial charge >= 0.3 is 0 Å². The fraction of sp³-hybridized carbons (Fsp3) is 0.688. The molecule has 5 heteroatoms. The summed E-state index contributed by atoms with van der Waals surface area (Å²) in [6.45, 7) is 7.14. The first-order chi connectivity index (χ1) is 10.2. The van der Waals surface area contributed by atoms with Crippen molar-refractivity contribution >= 4 is 21.7 Å². The van der Waals surface area contributed by atoms with E-state index in [0.717, 1.165) is 49.5 Å². The quantitative estimate of drug-likeness (QED) is 0.762. The van der Waals surface area contributed by atoms with E-state index >= 15 is 0 Å². The van der Waals surface area contributed by atoms with E-state index in [1.54, 1.807) is 7.11 Å². The first-order valence-corrected chi connectivity index (χ1v) is 8.63. The fourth-order valence-electron chi connectivity index (χ4n) is 2.84. The van der Waals surface area contributed by atoms with Gasteiger partial charge in [-0.3, -0.25) is 0 Å². The summed E-state index contributed by atoms with van der Waals surface area (Å²) in [6.07, 6.45) is 5.43. The average molecular weight is 356 g/mol. The Bertz CT molecular complexity index is 434. The van der Waals surface area contributed by atoms with Crippen molar-refractivity contribution in [2.24, 2.45) is 5.92 Å². The number of hydrogen-bond acceptors (Lipinski definition) is 4. The summed E-state index contributed by atoms with van der Waals surface area (Å²) in [5.74, 6) is 1.83. The molecule has 1 aromatic rings. The highest BCUT2D eigenvalue weighted by atomic mass is 79.9. The molecule has 1 N–H and O–H groups in total. The summed E-state index contributed by atoms with van der Waals surface area (Å²) in [7, 11) is 1.79. The molecular weight excluding hydrogens is 330 g/mol. The molecule has 118 valence electrons. The Morgan fingerprint density at radius 1 is 1.43 bits per heavy atom. The topological polar surface area (TPSA) is 37.4 Å². The van der Waals surface area contributed by atoms with E-state index in [4.69, 9.17) is 4.74 Å². The average Bonchev–Trinajstić information content (AvgIpc) is 2.49. The lowest BCUT2D eigenvalue weighted by Gasteiger charge is -2.33. The third-order valence-electron chi connectivity index (χ3n) is 3.97. The number of rotatable bonds is 7. The molecule has 0 radical (unpaired) electrons. The van der Waals surface area contributed by atoms with Crippen LogP contribution in [-0.4, -0.2) is 38.3 Å². The maximum atomic E-state index is 5.28. The van der Waals surface area contributed by atoms with Crippen LogP contribution in [0.5, 0.6) is 0 Å². The Kier molecular flexibility index (Phi) is 6.93. The lowest BCUT2D eigenvalue weighted by Crippen LogP contribution is -2.36. The molecule has 0 aromatic carbocycles. The van der Waals surface area contributed by atoms with Gasteiger partial charge in [0.05, 0.1) is 0 Å². The first-order valence-electron chi connectivity index (χ1n) is 7.83. The molecule has 0 aliphatic carbocycles. The lowest BCUT2D eigenvalue weighted by molar-refractivity contribution is 0.139. The maximum absolute atomic E-state index is 5.28. The fourth-order valence-corrected chi connectivity index (χ4v) is 3.21. The van der Waals surface area contributed by atoms with Crippen LogP contribution in [0.2, 0.25) is 0 Å². The van der Waals surface area contributed by atoms with Crippen molar-refractivity contribution in [3.63, 3.8) is 0 Å². The number of hydrogen-bond donors (Lipinski definition) is 1. The molecule has 0 bridgehead atoms. The smallest absolute Gasteiger partial charge is 0.133 e. The van der Waals surface area contributed by atoms with E-state index in [1.165, 1.54) is 18.4 Å². The molecule has 0 amide bonds. The van der Waals surface area contributed by atoms with E-state index in [-0.39, 0.29) is 0 Å². The molecule has 1 aliphatic rings. The number of piperidine rings is 1. The molecule has 4 nitrogen and oxygen atoms in total. The van der Waals surface area contributed by atoms with Gasteiger partial charge in [-0.05, 0) is 53.7 Å². The van der Waals surface area contributed by atoms with Crippen LogP contribution in [0.15, 0.2) is 16.7 Å². The van der Waals surface area contributed by atoms with Crippen molar-refractivity contribution in [2.45, 2.75) is 32.7 Å². The van der Waals surface area contributed by atoms with Crippen LogP contribution < -0.4 is 10.2 Å². The number of nitrogens with zero attached hydrogens (tertiary/aromatic N) is 2. The highest BCUT2D eigenvalue weighted by Crippen LogP contribution is 2.26. The van der Waals surface area contributed by atoms with Crippen molar-refractivity contribution < 1.29 is 4.74 Å². The largest absolute Gasteiger partial charge is 0.384 e. The van der Waals surface area contributed by atoms with Crippen LogP contribution in [0.4, 0.5) is 5.82 Å². The van der Waals surface area contributed by atoms with Gasteiger partial charge in [0.25, 0.3) is 0 Å². The van der Waals surface area contributed by atoms with Crippen LogP contribution >= 0.6 is 15.9 Å². The van der Waals surface area contributed by atoms with Crippen molar-refractivity contribution in [3.8, 4) is 0 Å². The minimum atomic E-state index is 0.698. The zero-order chi connectivity index (χ0) is 15.1. The second-order valence-corrected chi connectivity index (χ2v) is 6.61. The number of pyridine rings is 1. The number of aromatic nitrogens is 1. The second-order valence-electron chi connectivity index (χ2n) is 5.70. The Balaban J connectivity index is 2.01.